The average Bonchev–Trinajstić information content (AvgIpc) is 2.98. The van der Waals surface area contributed by atoms with Gasteiger partial charge in [-0.3, -0.25) is 9.59 Å². The van der Waals surface area contributed by atoms with E-state index in [0.29, 0.717) is 16.6 Å². The molecule has 2 N–H and O–H groups in total. The van der Waals surface area contributed by atoms with E-state index in [4.69, 9.17) is 5.11 Å². The van der Waals surface area contributed by atoms with E-state index >= 15 is 0 Å². The molecule has 3 rings (SSSR count). The molecule has 1 amide bonds. The van der Waals surface area contributed by atoms with E-state index in [1.54, 1.807) is 12.1 Å². The molecule has 7 nitrogen and oxygen atoms in total. The zero-order chi connectivity index (χ0) is 17.8. The number of hydrogen-bond acceptors (Lipinski definition) is 4. The normalized spacial score (nSPS) is 12.0. The van der Waals surface area contributed by atoms with Crippen molar-refractivity contribution >= 4 is 22.9 Å². The van der Waals surface area contributed by atoms with Crippen LogP contribution in [0.2, 0.25) is 0 Å². The monoisotopic (exact) mass is 342 g/mol. The van der Waals surface area contributed by atoms with Crippen LogP contribution in [0.3, 0.4) is 0 Å². The standard InChI is InChI=1S/C17H15FN4O3/c18-12-7-5-11(6-8-12)14(9-17(24)25)19-16(23)10-22-15-4-2-1-3-13(15)20-21-22/h1-8,14H,9-10H2,(H,19,23)(H,24,25). The Balaban J connectivity index is 1.75. The summed E-state index contributed by atoms with van der Waals surface area (Å²) in [5, 5.41) is 19.6. The number of benzene rings is 2. The Kier molecular flexibility index (Phi) is 4.69. The highest BCUT2D eigenvalue weighted by Gasteiger charge is 2.19. The van der Waals surface area contributed by atoms with E-state index in [2.05, 4.69) is 15.6 Å². The molecule has 0 fully saturated rings. The van der Waals surface area contributed by atoms with Crippen molar-refractivity contribution in [3.05, 3.63) is 59.9 Å². The summed E-state index contributed by atoms with van der Waals surface area (Å²) in [5.41, 5.74) is 1.88. The fourth-order valence-electron chi connectivity index (χ4n) is 2.53. The Morgan fingerprint density at radius 1 is 1.16 bits per heavy atom. The summed E-state index contributed by atoms with van der Waals surface area (Å²) in [7, 11) is 0. The summed E-state index contributed by atoms with van der Waals surface area (Å²) in [5.74, 6) is -1.91. The molecule has 1 atom stereocenters. The minimum Gasteiger partial charge on any atom is -0.481 e. The van der Waals surface area contributed by atoms with Crippen LogP contribution in [-0.4, -0.2) is 32.0 Å². The molecule has 0 aliphatic rings. The lowest BCUT2D eigenvalue weighted by molar-refractivity contribution is -0.137. The second-order valence-corrected chi connectivity index (χ2v) is 5.51. The quantitative estimate of drug-likeness (QED) is 0.713. The average molecular weight is 342 g/mol. The third kappa shape index (κ3) is 3.97. The van der Waals surface area contributed by atoms with Crippen molar-refractivity contribution in [3.63, 3.8) is 0 Å². The van der Waals surface area contributed by atoms with Gasteiger partial charge in [-0.1, -0.05) is 29.5 Å². The number of rotatable bonds is 6. The Labute approximate surface area is 142 Å². The lowest BCUT2D eigenvalue weighted by Crippen LogP contribution is -2.33. The van der Waals surface area contributed by atoms with Crippen LogP contribution >= 0.6 is 0 Å². The number of halogens is 1. The maximum Gasteiger partial charge on any atom is 0.305 e. The minimum atomic E-state index is -1.07. The van der Waals surface area contributed by atoms with Gasteiger partial charge in [-0.25, -0.2) is 9.07 Å². The van der Waals surface area contributed by atoms with Crippen LogP contribution in [0.4, 0.5) is 4.39 Å². The van der Waals surface area contributed by atoms with Gasteiger partial charge >= 0.3 is 5.97 Å². The van der Waals surface area contributed by atoms with Gasteiger partial charge in [0.15, 0.2) is 0 Å². The van der Waals surface area contributed by atoms with Crippen molar-refractivity contribution in [2.24, 2.45) is 0 Å². The van der Waals surface area contributed by atoms with E-state index in [1.807, 2.05) is 12.1 Å². The number of fused-ring (bicyclic) bond motifs is 1. The molecule has 8 heteroatoms. The first kappa shape index (κ1) is 16.6. The summed E-state index contributed by atoms with van der Waals surface area (Å²) < 4.78 is 14.5. The fourth-order valence-corrected chi connectivity index (χ4v) is 2.53. The smallest absolute Gasteiger partial charge is 0.305 e. The summed E-state index contributed by atoms with van der Waals surface area (Å²) >= 11 is 0. The SMILES string of the molecule is O=C(O)CC(NC(=O)Cn1nnc2ccccc21)c1ccc(F)cc1. The highest BCUT2D eigenvalue weighted by molar-refractivity contribution is 5.80. The summed E-state index contributed by atoms with van der Waals surface area (Å²) in [6.07, 6.45) is -0.310. The van der Waals surface area contributed by atoms with Crippen molar-refractivity contribution in [2.75, 3.05) is 0 Å². The first-order chi connectivity index (χ1) is 12.0. The molecule has 1 heterocycles. The van der Waals surface area contributed by atoms with Gasteiger partial charge < -0.3 is 10.4 Å². The molecule has 0 aliphatic carbocycles. The second-order valence-electron chi connectivity index (χ2n) is 5.51. The highest BCUT2D eigenvalue weighted by Crippen LogP contribution is 2.18. The number of aromatic nitrogens is 3. The number of carbonyl (C=O) groups excluding carboxylic acids is 1. The molecule has 0 bridgehead atoms. The van der Waals surface area contributed by atoms with Crippen molar-refractivity contribution in [2.45, 2.75) is 19.0 Å². The van der Waals surface area contributed by atoms with Crippen LogP contribution in [0, 0.1) is 5.82 Å². The second kappa shape index (κ2) is 7.08. The van der Waals surface area contributed by atoms with Gasteiger partial charge in [-0.15, -0.1) is 5.10 Å². The van der Waals surface area contributed by atoms with Crippen LogP contribution < -0.4 is 5.32 Å². The number of carboxylic acids is 1. The minimum absolute atomic E-state index is 0.0994. The summed E-state index contributed by atoms with van der Waals surface area (Å²) in [6.45, 7) is -0.0994. The molecule has 25 heavy (non-hydrogen) atoms. The predicted molar refractivity (Wildman–Crippen MR) is 87.1 cm³/mol. The maximum absolute atomic E-state index is 13.1. The third-order valence-electron chi connectivity index (χ3n) is 3.70. The number of para-hydroxylation sites is 1. The summed E-state index contributed by atoms with van der Waals surface area (Å²) in [4.78, 5) is 23.4. The van der Waals surface area contributed by atoms with E-state index in [1.165, 1.54) is 28.9 Å². The number of amides is 1. The molecule has 1 unspecified atom stereocenters. The number of nitrogens with zero attached hydrogens (tertiary/aromatic N) is 3. The van der Waals surface area contributed by atoms with Gasteiger partial charge in [0.2, 0.25) is 5.91 Å². The molecule has 0 saturated carbocycles. The van der Waals surface area contributed by atoms with E-state index in [9.17, 15) is 14.0 Å². The van der Waals surface area contributed by atoms with Crippen molar-refractivity contribution in [1.82, 2.24) is 20.3 Å². The largest absolute Gasteiger partial charge is 0.481 e. The third-order valence-corrected chi connectivity index (χ3v) is 3.70. The molecule has 3 aromatic rings. The van der Waals surface area contributed by atoms with Crippen molar-refractivity contribution < 1.29 is 19.1 Å². The number of hydrogen-bond donors (Lipinski definition) is 2. The number of aliphatic carboxylic acids is 1. The fraction of sp³-hybridized carbons (Fsp3) is 0.176. The van der Waals surface area contributed by atoms with Gasteiger partial charge in [-0.2, -0.15) is 0 Å². The zero-order valence-electron chi connectivity index (χ0n) is 13.1. The zero-order valence-corrected chi connectivity index (χ0v) is 13.1. The lowest BCUT2D eigenvalue weighted by Gasteiger charge is -2.17. The van der Waals surface area contributed by atoms with Gasteiger partial charge in [0.1, 0.15) is 17.9 Å². The van der Waals surface area contributed by atoms with Crippen LogP contribution in [-0.2, 0) is 16.1 Å². The van der Waals surface area contributed by atoms with Gasteiger partial charge in [0.05, 0.1) is 18.0 Å². The van der Waals surface area contributed by atoms with E-state index < -0.39 is 23.7 Å². The number of carboxylic acid groups (broad SMARTS) is 1. The Morgan fingerprint density at radius 2 is 1.88 bits per heavy atom. The van der Waals surface area contributed by atoms with Crippen LogP contribution in [0.1, 0.15) is 18.0 Å². The number of carbonyl (C=O) groups is 2. The van der Waals surface area contributed by atoms with E-state index in [0.717, 1.165) is 0 Å². The highest BCUT2D eigenvalue weighted by atomic mass is 19.1. The van der Waals surface area contributed by atoms with Gasteiger partial charge in [0.25, 0.3) is 0 Å². The lowest BCUT2D eigenvalue weighted by atomic mass is 10.0. The van der Waals surface area contributed by atoms with Crippen LogP contribution in [0.15, 0.2) is 48.5 Å². The first-order valence-electron chi connectivity index (χ1n) is 7.58. The Morgan fingerprint density at radius 3 is 2.60 bits per heavy atom. The van der Waals surface area contributed by atoms with Crippen molar-refractivity contribution in [1.29, 1.82) is 0 Å². The Bertz CT molecular complexity index is 908. The van der Waals surface area contributed by atoms with Crippen LogP contribution in [0.25, 0.3) is 11.0 Å². The number of nitrogens with one attached hydrogen (secondary N) is 1. The molecular weight excluding hydrogens is 327 g/mol. The molecular formula is C17H15FN4O3. The molecule has 0 aliphatic heterocycles. The molecule has 0 saturated heterocycles. The van der Waals surface area contributed by atoms with Crippen molar-refractivity contribution in [3.8, 4) is 0 Å². The molecule has 2 aromatic carbocycles. The van der Waals surface area contributed by atoms with Crippen LogP contribution in [0.5, 0.6) is 0 Å². The molecule has 0 spiro atoms. The molecule has 128 valence electrons. The van der Waals surface area contributed by atoms with Gasteiger partial charge in [0, 0.05) is 0 Å². The predicted octanol–water partition coefficient (Wildman–Crippen LogP) is 1.90. The van der Waals surface area contributed by atoms with E-state index in [-0.39, 0.29) is 13.0 Å². The Hall–Kier alpha value is -3.29. The topological polar surface area (TPSA) is 97.1 Å². The molecule has 1 aromatic heterocycles. The first-order valence-corrected chi connectivity index (χ1v) is 7.58. The maximum atomic E-state index is 13.1. The van der Waals surface area contributed by atoms with Gasteiger partial charge in [-0.05, 0) is 29.8 Å². The summed E-state index contributed by atoms with van der Waals surface area (Å²) in [6, 6.07) is 11.8. The molecule has 0 radical (unpaired) electrons.